The molecule has 1 aromatic heterocycles. The summed E-state index contributed by atoms with van der Waals surface area (Å²) in [7, 11) is 0. The van der Waals surface area contributed by atoms with Crippen LogP contribution in [-0.2, 0) is 16.1 Å². The van der Waals surface area contributed by atoms with Gasteiger partial charge >= 0.3 is 0 Å². The molecule has 3 heterocycles. The van der Waals surface area contributed by atoms with Gasteiger partial charge in [0.15, 0.2) is 0 Å². The highest BCUT2D eigenvalue weighted by Crippen LogP contribution is 2.33. The van der Waals surface area contributed by atoms with Crippen LogP contribution in [0.1, 0.15) is 25.0 Å². The molecule has 5 nitrogen and oxygen atoms in total. The summed E-state index contributed by atoms with van der Waals surface area (Å²) in [5.74, 6) is -0.359. The number of amides is 1. The van der Waals surface area contributed by atoms with E-state index in [1.54, 1.807) is 28.4 Å². The molecule has 1 unspecified atom stereocenters. The van der Waals surface area contributed by atoms with Gasteiger partial charge in [0.2, 0.25) is 0 Å². The maximum absolute atomic E-state index is 13.2. The molecule has 2 saturated heterocycles. The second kappa shape index (κ2) is 7.42. The Morgan fingerprint density at radius 2 is 2.08 bits per heavy atom. The number of aromatic nitrogens is 1. The van der Waals surface area contributed by atoms with Gasteiger partial charge in [-0.3, -0.25) is 9.69 Å². The van der Waals surface area contributed by atoms with Crippen LogP contribution in [-0.4, -0.2) is 47.6 Å². The van der Waals surface area contributed by atoms with Crippen molar-refractivity contribution in [3.05, 3.63) is 46.7 Å². The van der Waals surface area contributed by atoms with Gasteiger partial charge in [0, 0.05) is 24.2 Å². The standard InChI is InChI=1S/C19H22FN3O2S/c20-15-2-4-17(5-3-15)23-13-19(25-11-18(23)24)6-1-8-22(9-7-19)10-16-12-26-14-21-16/h2-5,12,14H,1,6-11,13H2. The summed E-state index contributed by atoms with van der Waals surface area (Å²) in [6, 6.07) is 6.12. The van der Waals surface area contributed by atoms with Crippen LogP contribution in [0.5, 0.6) is 0 Å². The summed E-state index contributed by atoms with van der Waals surface area (Å²) in [5, 5.41) is 2.09. The van der Waals surface area contributed by atoms with Gasteiger partial charge in [-0.25, -0.2) is 9.37 Å². The number of ether oxygens (including phenoxy) is 1. The molecule has 2 aromatic rings. The number of hydrogen-bond acceptors (Lipinski definition) is 5. The quantitative estimate of drug-likeness (QED) is 0.827. The Morgan fingerprint density at radius 1 is 1.23 bits per heavy atom. The second-order valence-corrected chi connectivity index (χ2v) is 7.76. The van der Waals surface area contributed by atoms with Crippen molar-refractivity contribution in [3.63, 3.8) is 0 Å². The highest BCUT2D eigenvalue weighted by molar-refractivity contribution is 7.07. The van der Waals surface area contributed by atoms with E-state index >= 15 is 0 Å². The smallest absolute Gasteiger partial charge is 0.253 e. The van der Waals surface area contributed by atoms with Crippen LogP contribution in [0.3, 0.4) is 0 Å². The van der Waals surface area contributed by atoms with Crippen molar-refractivity contribution in [3.8, 4) is 0 Å². The van der Waals surface area contributed by atoms with Gasteiger partial charge in [0.05, 0.1) is 23.4 Å². The Bertz CT molecular complexity index is 753. The highest BCUT2D eigenvalue weighted by atomic mass is 32.1. The topological polar surface area (TPSA) is 45.7 Å². The number of rotatable bonds is 3. The number of halogens is 1. The van der Waals surface area contributed by atoms with Gasteiger partial charge in [-0.2, -0.15) is 0 Å². The van der Waals surface area contributed by atoms with Crippen LogP contribution in [0.25, 0.3) is 0 Å². The molecule has 1 atom stereocenters. The lowest BCUT2D eigenvalue weighted by Gasteiger charge is -2.42. The lowest BCUT2D eigenvalue weighted by Crippen LogP contribution is -2.55. The monoisotopic (exact) mass is 375 g/mol. The minimum absolute atomic E-state index is 0.0641. The van der Waals surface area contributed by atoms with Crippen LogP contribution in [0.2, 0.25) is 0 Å². The Labute approximate surface area is 156 Å². The fourth-order valence-corrected chi connectivity index (χ4v) is 4.35. The third-order valence-electron chi connectivity index (χ3n) is 5.25. The molecule has 0 saturated carbocycles. The van der Waals surface area contributed by atoms with Crippen molar-refractivity contribution in [2.45, 2.75) is 31.4 Å². The van der Waals surface area contributed by atoms with Gasteiger partial charge in [0.25, 0.3) is 5.91 Å². The first-order valence-electron chi connectivity index (χ1n) is 8.93. The number of thiazole rings is 1. The third kappa shape index (κ3) is 3.79. The van der Waals surface area contributed by atoms with Crippen molar-refractivity contribution in [1.29, 1.82) is 0 Å². The number of benzene rings is 1. The molecule has 2 aliphatic heterocycles. The maximum atomic E-state index is 13.2. The lowest BCUT2D eigenvalue weighted by molar-refractivity contribution is -0.140. The van der Waals surface area contributed by atoms with E-state index in [2.05, 4.69) is 15.3 Å². The van der Waals surface area contributed by atoms with Gasteiger partial charge in [-0.05, 0) is 50.1 Å². The van der Waals surface area contributed by atoms with Crippen LogP contribution >= 0.6 is 11.3 Å². The fourth-order valence-electron chi connectivity index (χ4n) is 3.80. The van der Waals surface area contributed by atoms with Gasteiger partial charge in [0.1, 0.15) is 12.4 Å². The normalized spacial score (nSPS) is 24.8. The molecule has 2 fully saturated rings. The molecule has 26 heavy (non-hydrogen) atoms. The molecule has 7 heteroatoms. The van der Waals surface area contributed by atoms with Crippen LogP contribution < -0.4 is 4.90 Å². The van der Waals surface area contributed by atoms with E-state index in [1.165, 1.54) is 12.1 Å². The van der Waals surface area contributed by atoms with E-state index < -0.39 is 0 Å². The Morgan fingerprint density at radius 3 is 2.85 bits per heavy atom. The van der Waals surface area contributed by atoms with Crippen molar-refractivity contribution in [2.75, 3.05) is 31.1 Å². The van der Waals surface area contributed by atoms with E-state index in [1.807, 2.05) is 5.51 Å². The maximum Gasteiger partial charge on any atom is 0.253 e. The fraction of sp³-hybridized carbons (Fsp3) is 0.474. The van der Waals surface area contributed by atoms with Crippen molar-refractivity contribution < 1.29 is 13.9 Å². The summed E-state index contributed by atoms with van der Waals surface area (Å²) in [6.45, 7) is 3.40. The molecule has 4 rings (SSSR count). The molecule has 1 spiro atoms. The Balaban J connectivity index is 1.45. The molecule has 1 aromatic carbocycles. The number of morpholine rings is 1. The summed E-state index contributed by atoms with van der Waals surface area (Å²) < 4.78 is 19.3. The molecule has 2 aliphatic rings. The summed E-state index contributed by atoms with van der Waals surface area (Å²) in [6.07, 6.45) is 2.82. The minimum Gasteiger partial charge on any atom is -0.363 e. The number of nitrogens with zero attached hydrogens (tertiary/aromatic N) is 3. The second-order valence-electron chi connectivity index (χ2n) is 7.04. The molecule has 0 bridgehead atoms. The van der Waals surface area contributed by atoms with Crippen LogP contribution in [0.4, 0.5) is 10.1 Å². The first kappa shape index (κ1) is 17.6. The van der Waals surface area contributed by atoms with E-state index in [0.717, 1.165) is 50.3 Å². The van der Waals surface area contributed by atoms with Crippen molar-refractivity contribution in [1.82, 2.24) is 9.88 Å². The zero-order chi connectivity index (χ0) is 18.0. The van der Waals surface area contributed by atoms with E-state index in [4.69, 9.17) is 4.74 Å². The molecular formula is C19H22FN3O2S. The first-order valence-corrected chi connectivity index (χ1v) is 9.87. The first-order chi connectivity index (χ1) is 12.6. The van der Waals surface area contributed by atoms with E-state index in [9.17, 15) is 9.18 Å². The molecule has 0 radical (unpaired) electrons. The molecule has 138 valence electrons. The third-order valence-corrected chi connectivity index (χ3v) is 5.88. The number of anilines is 1. The Hall–Kier alpha value is -1.83. The highest BCUT2D eigenvalue weighted by Gasteiger charge is 2.41. The van der Waals surface area contributed by atoms with E-state index in [0.29, 0.717) is 6.54 Å². The zero-order valence-corrected chi connectivity index (χ0v) is 15.4. The number of hydrogen-bond donors (Lipinski definition) is 0. The zero-order valence-electron chi connectivity index (χ0n) is 14.6. The van der Waals surface area contributed by atoms with Gasteiger partial charge in [-0.1, -0.05) is 0 Å². The lowest BCUT2D eigenvalue weighted by atomic mass is 9.92. The predicted octanol–water partition coefficient (Wildman–Crippen LogP) is 3.07. The Kier molecular flexibility index (Phi) is 5.02. The number of likely N-dealkylation sites (tertiary alicyclic amines) is 1. The van der Waals surface area contributed by atoms with Crippen molar-refractivity contribution in [2.24, 2.45) is 0 Å². The van der Waals surface area contributed by atoms with Crippen molar-refractivity contribution >= 4 is 22.9 Å². The van der Waals surface area contributed by atoms with Crippen LogP contribution in [0.15, 0.2) is 35.2 Å². The van der Waals surface area contributed by atoms with Gasteiger partial charge < -0.3 is 9.64 Å². The number of carbonyl (C=O) groups excluding carboxylic acids is 1. The molecule has 0 aliphatic carbocycles. The molecule has 0 N–H and O–H groups in total. The minimum atomic E-state index is -0.320. The van der Waals surface area contributed by atoms with E-state index in [-0.39, 0.29) is 23.9 Å². The van der Waals surface area contributed by atoms with Gasteiger partial charge in [-0.15, -0.1) is 11.3 Å². The predicted molar refractivity (Wildman–Crippen MR) is 98.7 cm³/mol. The summed E-state index contributed by atoms with van der Waals surface area (Å²) in [5.41, 5.74) is 3.39. The number of carbonyl (C=O) groups is 1. The molecular weight excluding hydrogens is 353 g/mol. The SMILES string of the molecule is O=C1COC2(CCCN(Cc3cscn3)CC2)CN1c1ccc(F)cc1. The summed E-state index contributed by atoms with van der Waals surface area (Å²) >= 11 is 1.62. The largest absolute Gasteiger partial charge is 0.363 e. The average molecular weight is 375 g/mol. The molecule has 1 amide bonds. The summed E-state index contributed by atoms with van der Waals surface area (Å²) in [4.78, 5) is 20.9. The van der Waals surface area contributed by atoms with Crippen LogP contribution in [0, 0.1) is 5.82 Å². The average Bonchev–Trinajstić information content (AvgIpc) is 3.08.